The van der Waals surface area contributed by atoms with E-state index in [2.05, 4.69) is 0 Å². The molecule has 112 valence electrons. The van der Waals surface area contributed by atoms with Crippen molar-refractivity contribution in [3.8, 4) is 17.6 Å². The molecule has 0 aliphatic heterocycles. The molecule has 0 aliphatic carbocycles. The van der Waals surface area contributed by atoms with Gasteiger partial charge in [0.05, 0.1) is 25.9 Å². The molecular formula is C17H13F2NO2. The van der Waals surface area contributed by atoms with Crippen LogP contribution in [0, 0.1) is 23.0 Å². The van der Waals surface area contributed by atoms with Crippen molar-refractivity contribution >= 4 is 11.6 Å². The van der Waals surface area contributed by atoms with Crippen molar-refractivity contribution in [2.24, 2.45) is 0 Å². The van der Waals surface area contributed by atoms with Crippen LogP contribution in [-0.2, 0) is 0 Å². The van der Waals surface area contributed by atoms with Gasteiger partial charge in [0.25, 0.3) is 0 Å². The zero-order valence-electron chi connectivity index (χ0n) is 12.1. The Hall–Kier alpha value is -2.87. The fourth-order valence-electron chi connectivity index (χ4n) is 2.01. The molecular weight excluding hydrogens is 288 g/mol. The van der Waals surface area contributed by atoms with E-state index < -0.39 is 11.6 Å². The highest BCUT2D eigenvalue weighted by molar-refractivity contribution is 5.90. The smallest absolute Gasteiger partial charge is 0.161 e. The lowest BCUT2D eigenvalue weighted by atomic mass is 10.0. The van der Waals surface area contributed by atoms with Crippen LogP contribution in [0.3, 0.4) is 0 Å². The summed E-state index contributed by atoms with van der Waals surface area (Å²) < 4.78 is 36.7. The topological polar surface area (TPSA) is 42.2 Å². The molecule has 0 radical (unpaired) electrons. The van der Waals surface area contributed by atoms with Crippen LogP contribution in [0.5, 0.6) is 11.5 Å². The Balaban J connectivity index is 2.48. The van der Waals surface area contributed by atoms with Gasteiger partial charge >= 0.3 is 0 Å². The van der Waals surface area contributed by atoms with Gasteiger partial charge in [-0.3, -0.25) is 0 Å². The van der Waals surface area contributed by atoms with Gasteiger partial charge in [-0.2, -0.15) is 5.26 Å². The Labute approximate surface area is 127 Å². The first kappa shape index (κ1) is 15.5. The van der Waals surface area contributed by atoms with Crippen LogP contribution in [0.15, 0.2) is 36.4 Å². The van der Waals surface area contributed by atoms with Gasteiger partial charge in [0.2, 0.25) is 0 Å². The van der Waals surface area contributed by atoms with Crippen molar-refractivity contribution in [2.75, 3.05) is 14.2 Å². The molecule has 0 spiro atoms. The zero-order chi connectivity index (χ0) is 16.1. The lowest BCUT2D eigenvalue weighted by molar-refractivity contribution is 0.355. The van der Waals surface area contributed by atoms with E-state index in [1.807, 2.05) is 6.07 Å². The molecule has 0 heterocycles. The fourth-order valence-corrected chi connectivity index (χ4v) is 2.01. The molecule has 0 aromatic heterocycles. The third kappa shape index (κ3) is 3.41. The molecule has 0 fully saturated rings. The van der Waals surface area contributed by atoms with E-state index in [9.17, 15) is 14.0 Å². The second kappa shape index (κ2) is 6.72. The molecule has 2 aromatic rings. The standard InChI is InChI=1S/C17H13F2NO2/c1-21-16-4-3-12(8-17(16)22-2)13(10-20)5-11-6-14(18)9-15(19)7-11/h3-9H,1-2H3. The van der Waals surface area contributed by atoms with Crippen molar-refractivity contribution in [1.29, 1.82) is 5.26 Å². The Morgan fingerprint density at radius 2 is 1.64 bits per heavy atom. The van der Waals surface area contributed by atoms with Crippen LogP contribution in [-0.4, -0.2) is 14.2 Å². The molecule has 0 unspecified atom stereocenters. The van der Waals surface area contributed by atoms with Crippen LogP contribution >= 0.6 is 0 Å². The van der Waals surface area contributed by atoms with Gasteiger partial charge < -0.3 is 9.47 Å². The Bertz CT molecular complexity index is 743. The zero-order valence-corrected chi connectivity index (χ0v) is 12.1. The molecule has 2 aromatic carbocycles. The van der Waals surface area contributed by atoms with E-state index in [0.29, 0.717) is 17.1 Å². The molecule has 0 atom stereocenters. The SMILES string of the molecule is COc1ccc(C(C#N)=Cc2cc(F)cc(F)c2)cc1OC. The summed E-state index contributed by atoms with van der Waals surface area (Å²) in [4.78, 5) is 0. The first-order chi connectivity index (χ1) is 10.6. The summed E-state index contributed by atoms with van der Waals surface area (Å²) in [5.74, 6) is -0.404. The third-order valence-corrected chi connectivity index (χ3v) is 3.01. The number of nitriles is 1. The molecule has 0 aliphatic rings. The minimum Gasteiger partial charge on any atom is -0.493 e. The fraction of sp³-hybridized carbons (Fsp3) is 0.118. The predicted octanol–water partition coefficient (Wildman–Crippen LogP) is 4.05. The molecule has 5 heteroatoms. The van der Waals surface area contributed by atoms with Crippen LogP contribution in [0.4, 0.5) is 8.78 Å². The largest absolute Gasteiger partial charge is 0.493 e. The molecule has 2 rings (SSSR count). The maximum Gasteiger partial charge on any atom is 0.161 e. The quantitative estimate of drug-likeness (QED) is 0.632. The van der Waals surface area contributed by atoms with Crippen molar-refractivity contribution in [3.05, 3.63) is 59.2 Å². The molecule has 0 saturated carbocycles. The maximum absolute atomic E-state index is 13.2. The number of hydrogen-bond acceptors (Lipinski definition) is 3. The van der Waals surface area contributed by atoms with E-state index in [1.54, 1.807) is 18.2 Å². The van der Waals surface area contributed by atoms with Crippen LogP contribution < -0.4 is 9.47 Å². The number of hydrogen-bond donors (Lipinski definition) is 0. The number of rotatable bonds is 4. The summed E-state index contributed by atoms with van der Waals surface area (Å²) >= 11 is 0. The van der Waals surface area contributed by atoms with E-state index in [0.717, 1.165) is 18.2 Å². The van der Waals surface area contributed by atoms with Gasteiger partial charge in [0, 0.05) is 6.07 Å². The molecule has 0 bridgehead atoms. The van der Waals surface area contributed by atoms with E-state index in [1.165, 1.54) is 20.3 Å². The van der Waals surface area contributed by atoms with E-state index in [4.69, 9.17) is 9.47 Å². The van der Waals surface area contributed by atoms with E-state index in [-0.39, 0.29) is 11.1 Å². The second-order valence-electron chi connectivity index (χ2n) is 4.44. The van der Waals surface area contributed by atoms with Gasteiger partial charge in [0.1, 0.15) is 11.6 Å². The highest BCUT2D eigenvalue weighted by Crippen LogP contribution is 2.31. The number of halogens is 2. The van der Waals surface area contributed by atoms with Crippen LogP contribution in [0.1, 0.15) is 11.1 Å². The molecule has 0 saturated heterocycles. The van der Waals surface area contributed by atoms with Crippen LogP contribution in [0.25, 0.3) is 11.6 Å². The minimum absolute atomic E-state index is 0.256. The summed E-state index contributed by atoms with van der Waals surface area (Å²) in [6, 6.07) is 10.1. The minimum atomic E-state index is -0.698. The summed E-state index contributed by atoms with van der Waals surface area (Å²) in [7, 11) is 2.99. The average Bonchev–Trinajstić information content (AvgIpc) is 2.51. The normalized spacial score (nSPS) is 11.0. The number of benzene rings is 2. The Kier molecular flexibility index (Phi) is 4.74. The summed E-state index contributed by atoms with van der Waals surface area (Å²) in [6.45, 7) is 0. The highest BCUT2D eigenvalue weighted by atomic mass is 19.1. The summed E-state index contributed by atoms with van der Waals surface area (Å²) in [6.07, 6.45) is 1.41. The van der Waals surface area contributed by atoms with Gasteiger partial charge in [-0.25, -0.2) is 8.78 Å². The third-order valence-electron chi connectivity index (χ3n) is 3.01. The first-order valence-corrected chi connectivity index (χ1v) is 6.37. The van der Waals surface area contributed by atoms with Gasteiger partial charge in [-0.05, 0) is 47.5 Å². The summed E-state index contributed by atoms with van der Waals surface area (Å²) in [5, 5.41) is 9.29. The van der Waals surface area contributed by atoms with Crippen molar-refractivity contribution in [2.45, 2.75) is 0 Å². The van der Waals surface area contributed by atoms with Gasteiger partial charge in [-0.15, -0.1) is 0 Å². The lowest BCUT2D eigenvalue weighted by Gasteiger charge is -2.09. The molecule has 22 heavy (non-hydrogen) atoms. The maximum atomic E-state index is 13.2. The molecule has 0 N–H and O–H groups in total. The second-order valence-corrected chi connectivity index (χ2v) is 4.44. The monoisotopic (exact) mass is 301 g/mol. The first-order valence-electron chi connectivity index (χ1n) is 6.37. The summed E-state index contributed by atoms with van der Waals surface area (Å²) in [5.41, 5.74) is 1.08. The lowest BCUT2D eigenvalue weighted by Crippen LogP contribution is -1.92. The van der Waals surface area contributed by atoms with Crippen molar-refractivity contribution in [3.63, 3.8) is 0 Å². The highest BCUT2D eigenvalue weighted by Gasteiger charge is 2.08. The van der Waals surface area contributed by atoms with Crippen LogP contribution in [0.2, 0.25) is 0 Å². The number of ether oxygens (including phenoxy) is 2. The molecule has 0 amide bonds. The predicted molar refractivity (Wildman–Crippen MR) is 79.4 cm³/mol. The number of nitrogens with zero attached hydrogens (tertiary/aromatic N) is 1. The molecule has 3 nitrogen and oxygen atoms in total. The Morgan fingerprint density at radius 3 is 2.18 bits per heavy atom. The average molecular weight is 301 g/mol. The Morgan fingerprint density at radius 1 is 1.00 bits per heavy atom. The van der Waals surface area contributed by atoms with E-state index >= 15 is 0 Å². The van der Waals surface area contributed by atoms with Crippen molar-refractivity contribution < 1.29 is 18.3 Å². The van der Waals surface area contributed by atoms with Crippen molar-refractivity contribution in [1.82, 2.24) is 0 Å². The number of methoxy groups -OCH3 is 2. The van der Waals surface area contributed by atoms with Gasteiger partial charge in [0.15, 0.2) is 11.5 Å². The number of allylic oxidation sites excluding steroid dienone is 1. The van der Waals surface area contributed by atoms with Gasteiger partial charge in [-0.1, -0.05) is 0 Å².